The van der Waals surface area contributed by atoms with Gasteiger partial charge in [0.15, 0.2) is 0 Å². The van der Waals surface area contributed by atoms with Gasteiger partial charge in [-0.15, -0.1) is 0 Å². The van der Waals surface area contributed by atoms with Crippen molar-refractivity contribution in [3.8, 4) is 0 Å². The molecule has 3 nitrogen and oxygen atoms in total. The van der Waals surface area contributed by atoms with E-state index in [-0.39, 0.29) is 5.78 Å². The number of aryl methyl sites for hydroxylation is 3. The van der Waals surface area contributed by atoms with Crippen LogP contribution in [0.1, 0.15) is 36.7 Å². The molecule has 4 heteroatoms. The molecule has 21 heavy (non-hydrogen) atoms. The number of hydrogen-bond acceptors (Lipinski definition) is 2. The molecule has 112 valence electrons. The summed E-state index contributed by atoms with van der Waals surface area (Å²) in [7, 11) is 0. The standard InChI is InChI=1S/C17H21BrN2O/c1-3-20-16(17(18)13(2)19-20)12-15(21)11-7-10-14-8-5-4-6-9-14/h4-6,8-9H,3,7,10-12H2,1-2H3. The topological polar surface area (TPSA) is 34.9 Å². The van der Waals surface area contributed by atoms with E-state index in [1.165, 1.54) is 5.56 Å². The van der Waals surface area contributed by atoms with Gasteiger partial charge in [-0.05, 0) is 48.2 Å². The lowest BCUT2D eigenvalue weighted by Crippen LogP contribution is -2.10. The van der Waals surface area contributed by atoms with Gasteiger partial charge in [0, 0.05) is 19.4 Å². The number of nitrogens with zero attached hydrogens (tertiary/aromatic N) is 2. The molecule has 0 spiro atoms. The number of benzene rings is 1. The summed E-state index contributed by atoms with van der Waals surface area (Å²) in [6.45, 7) is 4.79. The van der Waals surface area contributed by atoms with E-state index in [4.69, 9.17) is 0 Å². The molecular formula is C17H21BrN2O. The van der Waals surface area contributed by atoms with Gasteiger partial charge in [0.05, 0.1) is 15.9 Å². The van der Waals surface area contributed by atoms with Gasteiger partial charge in [0.25, 0.3) is 0 Å². The lowest BCUT2D eigenvalue weighted by Gasteiger charge is -2.05. The van der Waals surface area contributed by atoms with E-state index < -0.39 is 0 Å². The summed E-state index contributed by atoms with van der Waals surface area (Å²) < 4.78 is 2.88. The SMILES string of the molecule is CCn1nc(C)c(Br)c1CC(=O)CCCc1ccccc1. The van der Waals surface area contributed by atoms with Gasteiger partial charge >= 0.3 is 0 Å². The van der Waals surface area contributed by atoms with Crippen LogP contribution in [-0.2, 0) is 24.2 Å². The fraction of sp³-hybridized carbons (Fsp3) is 0.412. The minimum Gasteiger partial charge on any atom is -0.299 e. The Hall–Kier alpha value is -1.42. The highest BCUT2D eigenvalue weighted by atomic mass is 79.9. The van der Waals surface area contributed by atoms with Gasteiger partial charge in [0.1, 0.15) is 5.78 Å². The Kier molecular flexibility index (Phi) is 5.74. The minimum atomic E-state index is 0.279. The van der Waals surface area contributed by atoms with Crippen LogP contribution < -0.4 is 0 Å². The van der Waals surface area contributed by atoms with Crippen LogP contribution in [0, 0.1) is 6.92 Å². The number of rotatable bonds is 7. The zero-order valence-corrected chi connectivity index (χ0v) is 14.2. The van der Waals surface area contributed by atoms with E-state index >= 15 is 0 Å². The highest BCUT2D eigenvalue weighted by Crippen LogP contribution is 2.22. The van der Waals surface area contributed by atoms with Crippen molar-refractivity contribution in [3.05, 3.63) is 51.8 Å². The molecule has 2 rings (SSSR count). The summed E-state index contributed by atoms with van der Waals surface area (Å²) in [6, 6.07) is 10.3. The van der Waals surface area contributed by atoms with Crippen molar-refractivity contribution in [2.75, 3.05) is 0 Å². The first-order valence-corrected chi connectivity index (χ1v) is 8.18. The molecule has 1 aromatic carbocycles. The van der Waals surface area contributed by atoms with Crippen LogP contribution >= 0.6 is 15.9 Å². The van der Waals surface area contributed by atoms with Crippen LogP contribution in [0.3, 0.4) is 0 Å². The van der Waals surface area contributed by atoms with Crippen LogP contribution in [0.15, 0.2) is 34.8 Å². The van der Waals surface area contributed by atoms with Crippen molar-refractivity contribution in [2.45, 2.75) is 46.1 Å². The molecule has 0 saturated heterocycles. The fourth-order valence-corrected chi connectivity index (χ4v) is 2.87. The fourth-order valence-electron chi connectivity index (χ4n) is 2.45. The molecule has 0 fully saturated rings. The summed E-state index contributed by atoms with van der Waals surface area (Å²) in [6.07, 6.45) is 2.94. The Morgan fingerprint density at radius 3 is 2.67 bits per heavy atom. The molecule has 0 N–H and O–H groups in total. The summed E-state index contributed by atoms with van der Waals surface area (Å²) >= 11 is 3.54. The van der Waals surface area contributed by atoms with E-state index in [2.05, 4.69) is 33.2 Å². The lowest BCUT2D eigenvalue weighted by atomic mass is 10.0. The van der Waals surface area contributed by atoms with Crippen molar-refractivity contribution in [2.24, 2.45) is 0 Å². The van der Waals surface area contributed by atoms with E-state index in [0.717, 1.165) is 35.2 Å². The molecule has 0 aliphatic rings. The van der Waals surface area contributed by atoms with Crippen molar-refractivity contribution < 1.29 is 4.79 Å². The van der Waals surface area contributed by atoms with E-state index in [0.29, 0.717) is 12.8 Å². The number of hydrogen-bond donors (Lipinski definition) is 0. The highest BCUT2D eigenvalue weighted by Gasteiger charge is 2.15. The Bertz CT molecular complexity index is 605. The highest BCUT2D eigenvalue weighted by molar-refractivity contribution is 9.10. The summed E-state index contributed by atoms with van der Waals surface area (Å²) in [5, 5.41) is 4.43. The number of aromatic nitrogens is 2. The quantitative estimate of drug-likeness (QED) is 0.754. The van der Waals surface area contributed by atoms with Crippen LogP contribution in [0.2, 0.25) is 0 Å². The molecule has 1 heterocycles. The Balaban J connectivity index is 1.88. The van der Waals surface area contributed by atoms with Crippen LogP contribution in [0.25, 0.3) is 0 Å². The van der Waals surface area contributed by atoms with E-state index in [9.17, 15) is 4.79 Å². The molecule has 0 aliphatic heterocycles. The maximum absolute atomic E-state index is 12.2. The van der Waals surface area contributed by atoms with E-state index in [1.807, 2.05) is 36.7 Å². The first-order chi connectivity index (χ1) is 10.1. The van der Waals surface area contributed by atoms with Gasteiger partial charge in [-0.2, -0.15) is 5.10 Å². The average Bonchev–Trinajstić information content (AvgIpc) is 2.76. The summed E-state index contributed by atoms with van der Waals surface area (Å²) in [5.74, 6) is 0.279. The normalized spacial score (nSPS) is 10.8. The van der Waals surface area contributed by atoms with E-state index in [1.54, 1.807) is 0 Å². The number of halogens is 1. The Morgan fingerprint density at radius 1 is 1.29 bits per heavy atom. The van der Waals surface area contributed by atoms with Crippen LogP contribution in [0.5, 0.6) is 0 Å². The van der Waals surface area contributed by atoms with Crippen molar-refractivity contribution in [1.29, 1.82) is 0 Å². The van der Waals surface area contributed by atoms with Crippen molar-refractivity contribution >= 4 is 21.7 Å². The van der Waals surface area contributed by atoms with Gasteiger partial charge in [-0.3, -0.25) is 9.48 Å². The van der Waals surface area contributed by atoms with Crippen LogP contribution in [0.4, 0.5) is 0 Å². The number of ketones is 1. The lowest BCUT2D eigenvalue weighted by molar-refractivity contribution is -0.118. The number of carbonyl (C=O) groups is 1. The predicted molar refractivity (Wildman–Crippen MR) is 88.4 cm³/mol. The summed E-state index contributed by atoms with van der Waals surface area (Å²) in [4.78, 5) is 12.2. The second kappa shape index (κ2) is 7.55. The molecule has 0 aliphatic carbocycles. The van der Waals surface area contributed by atoms with Crippen molar-refractivity contribution in [3.63, 3.8) is 0 Å². The maximum atomic E-state index is 12.2. The average molecular weight is 349 g/mol. The van der Waals surface area contributed by atoms with Crippen molar-refractivity contribution in [1.82, 2.24) is 9.78 Å². The minimum absolute atomic E-state index is 0.279. The smallest absolute Gasteiger partial charge is 0.138 e. The third kappa shape index (κ3) is 4.27. The van der Waals surface area contributed by atoms with Gasteiger partial charge in [-0.25, -0.2) is 0 Å². The largest absolute Gasteiger partial charge is 0.299 e. The zero-order chi connectivity index (χ0) is 15.2. The molecule has 0 saturated carbocycles. The van der Waals surface area contributed by atoms with Gasteiger partial charge in [0.2, 0.25) is 0 Å². The third-order valence-electron chi connectivity index (χ3n) is 3.58. The molecular weight excluding hydrogens is 328 g/mol. The monoisotopic (exact) mass is 348 g/mol. The third-order valence-corrected chi connectivity index (χ3v) is 4.61. The maximum Gasteiger partial charge on any atom is 0.138 e. The first-order valence-electron chi connectivity index (χ1n) is 7.39. The Labute approximate surface area is 134 Å². The van der Waals surface area contributed by atoms with Crippen LogP contribution in [-0.4, -0.2) is 15.6 Å². The molecule has 0 radical (unpaired) electrons. The molecule has 0 atom stereocenters. The predicted octanol–water partition coefficient (Wildman–Crippen LogP) is 4.11. The summed E-state index contributed by atoms with van der Waals surface area (Å²) in [5.41, 5.74) is 3.24. The Morgan fingerprint density at radius 2 is 2.00 bits per heavy atom. The zero-order valence-electron chi connectivity index (χ0n) is 12.6. The van der Waals surface area contributed by atoms with Gasteiger partial charge < -0.3 is 0 Å². The molecule has 0 amide bonds. The molecule has 1 aromatic heterocycles. The molecule has 2 aromatic rings. The second-order valence-corrected chi connectivity index (χ2v) is 6.01. The second-order valence-electron chi connectivity index (χ2n) is 5.22. The first kappa shape index (κ1) is 16.0. The number of carbonyl (C=O) groups excluding carboxylic acids is 1. The number of Topliss-reactive ketones (excluding diaryl/α,β-unsaturated/α-hetero) is 1. The molecule has 0 unspecified atom stereocenters. The molecule has 0 bridgehead atoms. The van der Waals surface area contributed by atoms with Gasteiger partial charge in [-0.1, -0.05) is 30.3 Å².